The van der Waals surface area contributed by atoms with E-state index in [2.05, 4.69) is 11.1 Å². The number of rotatable bonds is 1. The number of benzene rings is 1. The van der Waals surface area contributed by atoms with Gasteiger partial charge in [0, 0.05) is 20.3 Å². The Morgan fingerprint density at radius 1 is 1.43 bits per heavy atom. The summed E-state index contributed by atoms with van der Waals surface area (Å²) in [6, 6.07) is 10.1. The molecule has 1 amide bonds. The molecule has 1 saturated heterocycles. The van der Waals surface area contributed by atoms with E-state index in [1.165, 1.54) is 11.3 Å². The van der Waals surface area contributed by atoms with Crippen molar-refractivity contribution in [3.8, 4) is 6.07 Å². The van der Waals surface area contributed by atoms with Crippen LogP contribution in [0.5, 0.6) is 0 Å². The molecule has 1 fully saturated rings. The predicted octanol–water partition coefficient (Wildman–Crippen LogP) is 1.99. The molecule has 1 aliphatic rings. The maximum atomic E-state index is 12.5. The summed E-state index contributed by atoms with van der Waals surface area (Å²) in [6.45, 7) is 0.876. The van der Waals surface area contributed by atoms with Crippen molar-refractivity contribution in [2.45, 2.75) is 12.8 Å². The Kier molecular flexibility index (Phi) is 3.62. The summed E-state index contributed by atoms with van der Waals surface area (Å²) >= 11 is 1.46. The molecule has 0 N–H and O–H groups in total. The highest BCUT2D eigenvalue weighted by Gasteiger charge is 2.40. The molecule has 0 radical (unpaired) electrons. The fourth-order valence-electron chi connectivity index (χ4n) is 2.48. The molecule has 0 saturated carbocycles. The van der Waals surface area contributed by atoms with E-state index in [1.54, 1.807) is 0 Å². The van der Waals surface area contributed by atoms with Crippen LogP contribution in [0.15, 0.2) is 29.3 Å². The number of nitriles is 1. The molecule has 0 unspecified atom stereocenters. The second-order valence-corrected chi connectivity index (χ2v) is 6.14. The number of nitrogens with zero attached hydrogens (tertiary/aromatic N) is 3. The predicted molar refractivity (Wildman–Crippen MR) is 79.5 cm³/mol. The summed E-state index contributed by atoms with van der Waals surface area (Å²) in [7, 11) is 1.88. The molecule has 0 aliphatic carbocycles. The molecule has 1 aliphatic heterocycles. The molecule has 5 nitrogen and oxygen atoms in total. The second-order valence-electron chi connectivity index (χ2n) is 5.13. The van der Waals surface area contributed by atoms with Gasteiger partial charge in [-0.2, -0.15) is 10.3 Å². The molecule has 3 rings (SSSR count). The number of aryl methyl sites for hydroxylation is 1. The maximum absolute atomic E-state index is 12.5. The van der Waals surface area contributed by atoms with Gasteiger partial charge in [-0.15, -0.1) is 0 Å². The number of thiazole rings is 1. The van der Waals surface area contributed by atoms with Gasteiger partial charge in [0.2, 0.25) is 0 Å². The number of carbonyl (C=O) groups excluding carboxylic acids is 1. The Morgan fingerprint density at radius 3 is 2.81 bits per heavy atom. The van der Waals surface area contributed by atoms with Crippen molar-refractivity contribution >= 4 is 27.5 Å². The summed E-state index contributed by atoms with van der Waals surface area (Å²) in [6.07, 6.45) is 0.834. The maximum Gasteiger partial charge on any atom is 0.268 e. The van der Waals surface area contributed by atoms with E-state index in [4.69, 9.17) is 4.74 Å². The molecule has 2 heterocycles. The molecular formula is C15H15N3O2S. The number of ether oxygens (including phenoxy) is 1. The van der Waals surface area contributed by atoms with Crippen LogP contribution in [-0.4, -0.2) is 23.7 Å². The standard InChI is InChI=1S/C15H15N3O2S/c1-18-11-4-2-3-5-12(11)21-14(18)17-13(19)15(10-16)6-8-20-9-7-15/h2-5H,6-9H2,1H3. The number of hydrogen-bond donors (Lipinski definition) is 0. The van der Waals surface area contributed by atoms with Gasteiger partial charge in [-0.1, -0.05) is 23.5 Å². The molecule has 21 heavy (non-hydrogen) atoms. The van der Waals surface area contributed by atoms with Crippen molar-refractivity contribution in [1.29, 1.82) is 5.26 Å². The van der Waals surface area contributed by atoms with E-state index >= 15 is 0 Å². The van der Waals surface area contributed by atoms with E-state index in [0.29, 0.717) is 30.9 Å². The van der Waals surface area contributed by atoms with E-state index < -0.39 is 5.41 Å². The van der Waals surface area contributed by atoms with Gasteiger partial charge < -0.3 is 9.30 Å². The van der Waals surface area contributed by atoms with Gasteiger partial charge in [0.1, 0.15) is 5.41 Å². The van der Waals surface area contributed by atoms with Gasteiger partial charge in [-0.3, -0.25) is 4.79 Å². The molecule has 108 valence electrons. The summed E-state index contributed by atoms with van der Waals surface area (Å²) in [5.74, 6) is -0.351. The summed E-state index contributed by atoms with van der Waals surface area (Å²) in [4.78, 5) is 17.4. The van der Waals surface area contributed by atoms with E-state index in [0.717, 1.165) is 10.2 Å². The second kappa shape index (κ2) is 5.43. The van der Waals surface area contributed by atoms with Crippen molar-refractivity contribution in [2.75, 3.05) is 13.2 Å². The minimum atomic E-state index is -1.03. The highest BCUT2D eigenvalue weighted by Crippen LogP contribution is 2.31. The lowest BCUT2D eigenvalue weighted by Crippen LogP contribution is -2.36. The fourth-order valence-corrected chi connectivity index (χ4v) is 3.49. The minimum absolute atomic E-state index is 0.351. The summed E-state index contributed by atoms with van der Waals surface area (Å²) in [5, 5.41) is 9.41. The van der Waals surface area contributed by atoms with Crippen LogP contribution in [0.25, 0.3) is 10.2 Å². The lowest BCUT2D eigenvalue weighted by molar-refractivity contribution is -0.129. The molecule has 2 aromatic rings. The Hall–Kier alpha value is -1.97. The highest BCUT2D eigenvalue weighted by molar-refractivity contribution is 7.16. The SMILES string of the molecule is Cn1c(=NC(=O)C2(C#N)CCOCC2)sc2ccccc21. The fraction of sp³-hybridized carbons (Fsp3) is 0.400. The zero-order valence-electron chi connectivity index (χ0n) is 11.7. The topological polar surface area (TPSA) is 67.4 Å². The first kappa shape index (κ1) is 14.0. The number of carbonyl (C=O) groups is 1. The third-order valence-corrected chi connectivity index (χ3v) is 4.99. The van der Waals surface area contributed by atoms with Crippen LogP contribution in [0, 0.1) is 16.7 Å². The molecular weight excluding hydrogens is 286 g/mol. The van der Waals surface area contributed by atoms with Crippen molar-refractivity contribution in [2.24, 2.45) is 17.5 Å². The molecule has 0 atom stereocenters. The van der Waals surface area contributed by atoms with Crippen LogP contribution in [0.2, 0.25) is 0 Å². The van der Waals surface area contributed by atoms with Crippen molar-refractivity contribution in [3.05, 3.63) is 29.1 Å². The lowest BCUT2D eigenvalue weighted by Gasteiger charge is -2.26. The van der Waals surface area contributed by atoms with E-state index in [1.807, 2.05) is 35.9 Å². The van der Waals surface area contributed by atoms with Crippen molar-refractivity contribution in [3.63, 3.8) is 0 Å². The van der Waals surface area contributed by atoms with E-state index in [-0.39, 0.29) is 5.91 Å². The largest absolute Gasteiger partial charge is 0.381 e. The summed E-state index contributed by atoms with van der Waals surface area (Å²) in [5.41, 5.74) is 0.00793. The Morgan fingerprint density at radius 2 is 2.14 bits per heavy atom. The Bertz CT molecular complexity index is 791. The van der Waals surface area contributed by atoms with Crippen LogP contribution in [0.1, 0.15) is 12.8 Å². The normalized spacial score (nSPS) is 18.6. The van der Waals surface area contributed by atoms with Crippen LogP contribution in [0.4, 0.5) is 0 Å². The number of hydrogen-bond acceptors (Lipinski definition) is 4. The van der Waals surface area contributed by atoms with Gasteiger partial charge in [0.25, 0.3) is 5.91 Å². The van der Waals surface area contributed by atoms with Crippen molar-refractivity contribution in [1.82, 2.24) is 4.57 Å². The highest BCUT2D eigenvalue weighted by atomic mass is 32.1. The van der Waals surface area contributed by atoms with Gasteiger partial charge in [0.15, 0.2) is 4.80 Å². The third-order valence-electron chi connectivity index (χ3n) is 3.88. The minimum Gasteiger partial charge on any atom is -0.381 e. The van der Waals surface area contributed by atoms with Crippen LogP contribution in [-0.2, 0) is 16.6 Å². The molecule has 6 heteroatoms. The van der Waals surface area contributed by atoms with Gasteiger partial charge >= 0.3 is 0 Å². The van der Waals surface area contributed by atoms with Gasteiger partial charge in [0.05, 0.1) is 16.3 Å². The summed E-state index contributed by atoms with van der Waals surface area (Å²) < 4.78 is 8.22. The van der Waals surface area contributed by atoms with Crippen LogP contribution >= 0.6 is 11.3 Å². The zero-order chi connectivity index (χ0) is 14.9. The van der Waals surface area contributed by atoms with Gasteiger partial charge in [-0.05, 0) is 25.0 Å². The van der Waals surface area contributed by atoms with Crippen LogP contribution < -0.4 is 4.80 Å². The zero-order valence-corrected chi connectivity index (χ0v) is 12.5. The first-order valence-electron chi connectivity index (χ1n) is 6.79. The quantitative estimate of drug-likeness (QED) is 0.809. The number of fused-ring (bicyclic) bond motifs is 1. The first-order valence-corrected chi connectivity index (χ1v) is 7.61. The third kappa shape index (κ3) is 2.39. The monoisotopic (exact) mass is 301 g/mol. The van der Waals surface area contributed by atoms with Crippen molar-refractivity contribution < 1.29 is 9.53 Å². The van der Waals surface area contributed by atoms with Crippen LogP contribution in [0.3, 0.4) is 0 Å². The molecule has 1 aromatic carbocycles. The smallest absolute Gasteiger partial charge is 0.268 e. The lowest BCUT2D eigenvalue weighted by atomic mass is 9.81. The number of para-hydroxylation sites is 1. The Balaban J connectivity index is 2.05. The molecule has 0 bridgehead atoms. The first-order chi connectivity index (χ1) is 10.2. The number of amides is 1. The number of aromatic nitrogens is 1. The molecule has 1 aromatic heterocycles. The van der Waals surface area contributed by atoms with Gasteiger partial charge in [-0.25, -0.2) is 0 Å². The Labute approximate surface area is 126 Å². The average Bonchev–Trinajstić information content (AvgIpc) is 2.84. The molecule has 0 spiro atoms. The average molecular weight is 301 g/mol. The van der Waals surface area contributed by atoms with E-state index in [9.17, 15) is 10.1 Å².